The lowest BCUT2D eigenvalue weighted by atomic mass is 10.2. The van der Waals surface area contributed by atoms with Gasteiger partial charge in [-0.1, -0.05) is 35.3 Å². The van der Waals surface area contributed by atoms with Crippen LogP contribution < -0.4 is 9.64 Å². The number of hydrogen-bond donors (Lipinski definition) is 0. The number of rotatable bonds is 6. The zero-order valence-corrected chi connectivity index (χ0v) is 15.6. The first kappa shape index (κ1) is 19.2. The Morgan fingerprint density at radius 1 is 0.963 bits per heavy atom. The smallest absolute Gasteiger partial charge is 0.338 e. The first-order valence-electron chi connectivity index (χ1n) is 8.17. The van der Waals surface area contributed by atoms with Crippen molar-refractivity contribution in [3.63, 3.8) is 0 Å². The largest absolute Gasteiger partial charge is 0.487 e. The molecule has 2 amide bonds. The second-order valence-electron chi connectivity index (χ2n) is 5.71. The van der Waals surface area contributed by atoms with Crippen molar-refractivity contribution < 1.29 is 23.9 Å². The highest BCUT2D eigenvalue weighted by atomic mass is 35.5. The van der Waals surface area contributed by atoms with Crippen LogP contribution >= 0.6 is 23.2 Å². The van der Waals surface area contributed by atoms with Crippen molar-refractivity contribution >= 4 is 46.7 Å². The van der Waals surface area contributed by atoms with E-state index >= 15 is 0 Å². The lowest BCUT2D eigenvalue weighted by Crippen LogP contribution is -2.28. The molecule has 0 aliphatic carbocycles. The molecule has 0 atom stereocenters. The summed E-state index contributed by atoms with van der Waals surface area (Å²) in [6.45, 7) is 0.0458. The average Bonchev–Trinajstić information content (AvgIpc) is 2.99. The number of para-hydroxylation sites is 1. The van der Waals surface area contributed by atoms with E-state index in [2.05, 4.69) is 0 Å². The minimum absolute atomic E-state index is 0.0216. The molecule has 2 aromatic rings. The maximum atomic E-state index is 12.2. The number of carbonyl (C=O) groups excluding carboxylic acids is 3. The molecule has 1 aliphatic heterocycles. The number of hydrogen-bond acceptors (Lipinski definition) is 5. The fourth-order valence-corrected chi connectivity index (χ4v) is 3.12. The number of amides is 2. The first-order chi connectivity index (χ1) is 13.0. The van der Waals surface area contributed by atoms with Gasteiger partial charge in [0.15, 0.2) is 5.75 Å². The number of esters is 1. The van der Waals surface area contributed by atoms with Gasteiger partial charge in [-0.05, 0) is 30.3 Å². The summed E-state index contributed by atoms with van der Waals surface area (Å²) in [6, 6.07) is 11.2. The summed E-state index contributed by atoms with van der Waals surface area (Å²) in [5, 5.41) is 0.725. The van der Waals surface area contributed by atoms with E-state index in [4.69, 9.17) is 32.7 Å². The Balaban J connectivity index is 1.58. The summed E-state index contributed by atoms with van der Waals surface area (Å²) < 4.78 is 10.6. The summed E-state index contributed by atoms with van der Waals surface area (Å²) in [6.07, 6.45) is 0.352. The van der Waals surface area contributed by atoms with Crippen LogP contribution in [0, 0.1) is 0 Å². The molecule has 140 valence electrons. The van der Waals surface area contributed by atoms with E-state index in [0.29, 0.717) is 21.5 Å². The molecule has 0 radical (unpaired) electrons. The van der Waals surface area contributed by atoms with E-state index in [0.717, 1.165) is 4.90 Å². The fourth-order valence-electron chi connectivity index (χ4n) is 2.62. The van der Waals surface area contributed by atoms with Crippen LogP contribution in [-0.4, -0.2) is 31.0 Å². The van der Waals surface area contributed by atoms with Crippen LogP contribution in [0.1, 0.15) is 23.2 Å². The highest BCUT2D eigenvalue weighted by Gasteiger charge is 2.30. The fraction of sp³-hybridized carbons (Fsp3) is 0.211. The minimum atomic E-state index is -0.593. The number of imide groups is 1. The van der Waals surface area contributed by atoms with Gasteiger partial charge in [0.25, 0.3) is 0 Å². The number of nitrogens with zero attached hydrogens (tertiary/aromatic N) is 1. The molecule has 3 rings (SSSR count). The van der Waals surface area contributed by atoms with Gasteiger partial charge in [0.1, 0.15) is 13.2 Å². The molecule has 8 heteroatoms. The molecule has 0 saturated carbocycles. The first-order valence-corrected chi connectivity index (χ1v) is 8.93. The summed E-state index contributed by atoms with van der Waals surface area (Å²) in [4.78, 5) is 36.9. The zero-order chi connectivity index (χ0) is 19.4. The van der Waals surface area contributed by atoms with Crippen LogP contribution in [0.4, 0.5) is 5.69 Å². The minimum Gasteiger partial charge on any atom is -0.487 e. The number of anilines is 1. The third kappa shape index (κ3) is 4.40. The maximum Gasteiger partial charge on any atom is 0.338 e. The molecule has 0 unspecified atom stereocenters. The van der Waals surface area contributed by atoms with Crippen LogP contribution in [0.2, 0.25) is 10.0 Å². The van der Waals surface area contributed by atoms with Gasteiger partial charge in [-0.25, -0.2) is 4.79 Å². The summed E-state index contributed by atoms with van der Waals surface area (Å²) in [7, 11) is 0. The standard InChI is InChI=1S/C19H15Cl2NO5/c20-14-5-2-6-15(21)18(14)26-9-10-27-19(25)12-3-1-4-13(11-12)22-16(23)7-8-17(22)24/h1-6,11H,7-10H2. The Bertz CT molecular complexity index is 863. The lowest BCUT2D eigenvalue weighted by Gasteiger charge is -2.14. The molecule has 27 heavy (non-hydrogen) atoms. The van der Waals surface area contributed by atoms with E-state index in [1.165, 1.54) is 6.07 Å². The molecule has 0 aromatic heterocycles. The van der Waals surface area contributed by atoms with Crippen molar-refractivity contribution in [2.24, 2.45) is 0 Å². The highest BCUT2D eigenvalue weighted by Crippen LogP contribution is 2.32. The molecule has 0 spiro atoms. The Morgan fingerprint density at radius 2 is 1.59 bits per heavy atom. The van der Waals surface area contributed by atoms with Crippen molar-refractivity contribution in [2.45, 2.75) is 12.8 Å². The van der Waals surface area contributed by atoms with Gasteiger partial charge in [-0.2, -0.15) is 0 Å². The maximum absolute atomic E-state index is 12.2. The molecule has 0 N–H and O–H groups in total. The topological polar surface area (TPSA) is 72.9 Å². The number of halogens is 2. The van der Waals surface area contributed by atoms with E-state index in [1.54, 1.807) is 36.4 Å². The van der Waals surface area contributed by atoms with Crippen LogP contribution in [0.15, 0.2) is 42.5 Å². The van der Waals surface area contributed by atoms with Crippen LogP contribution in [0.5, 0.6) is 5.75 Å². The van der Waals surface area contributed by atoms with Crippen molar-refractivity contribution in [1.82, 2.24) is 0 Å². The van der Waals surface area contributed by atoms with E-state index in [1.807, 2.05) is 0 Å². The predicted octanol–water partition coefficient (Wildman–Crippen LogP) is 3.88. The second kappa shape index (κ2) is 8.41. The van der Waals surface area contributed by atoms with Crippen molar-refractivity contribution in [1.29, 1.82) is 0 Å². The van der Waals surface area contributed by atoms with Gasteiger partial charge >= 0.3 is 5.97 Å². The molecule has 1 heterocycles. The van der Waals surface area contributed by atoms with Crippen LogP contribution in [0.25, 0.3) is 0 Å². The third-order valence-electron chi connectivity index (χ3n) is 3.87. The monoisotopic (exact) mass is 407 g/mol. The zero-order valence-electron chi connectivity index (χ0n) is 14.1. The lowest BCUT2D eigenvalue weighted by molar-refractivity contribution is -0.121. The van der Waals surface area contributed by atoms with E-state index < -0.39 is 5.97 Å². The van der Waals surface area contributed by atoms with Gasteiger partial charge in [0, 0.05) is 12.8 Å². The second-order valence-corrected chi connectivity index (χ2v) is 6.52. The summed E-state index contributed by atoms with van der Waals surface area (Å²) in [5.74, 6) is -0.833. The molecule has 6 nitrogen and oxygen atoms in total. The molecule has 0 bridgehead atoms. The van der Waals surface area contributed by atoms with E-state index in [-0.39, 0.29) is 43.4 Å². The SMILES string of the molecule is O=C(OCCOc1c(Cl)cccc1Cl)c1cccc(N2C(=O)CCC2=O)c1. The number of ether oxygens (including phenoxy) is 2. The van der Waals surface area contributed by atoms with Crippen LogP contribution in [0.3, 0.4) is 0 Å². The molecular weight excluding hydrogens is 393 g/mol. The molecule has 1 fully saturated rings. The Hall–Kier alpha value is -2.57. The van der Waals surface area contributed by atoms with Gasteiger partial charge in [-0.3, -0.25) is 14.5 Å². The predicted molar refractivity (Wildman–Crippen MR) is 100 cm³/mol. The third-order valence-corrected chi connectivity index (χ3v) is 4.47. The summed E-state index contributed by atoms with van der Waals surface area (Å²) in [5.41, 5.74) is 0.590. The Labute approximate surface area is 165 Å². The van der Waals surface area contributed by atoms with Gasteiger partial charge in [-0.15, -0.1) is 0 Å². The van der Waals surface area contributed by atoms with Gasteiger partial charge in [0.2, 0.25) is 11.8 Å². The molecular formula is C19H15Cl2NO5. The quantitative estimate of drug-likeness (QED) is 0.412. The van der Waals surface area contributed by atoms with Crippen molar-refractivity contribution in [2.75, 3.05) is 18.1 Å². The van der Waals surface area contributed by atoms with E-state index in [9.17, 15) is 14.4 Å². The molecule has 2 aromatic carbocycles. The number of benzene rings is 2. The number of carbonyl (C=O) groups is 3. The Morgan fingerprint density at radius 3 is 2.26 bits per heavy atom. The van der Waals surface area contributed by atoms with Crippen molar-refractivity contribution in [3.05, 3.63) is 58.1 Å². The molecule has 1 saturated heterocycles. The van der Waals surface area contributed by atoms with Gasteiger partial charge in [0.05, 0.1) is 21.3 Å². The van der Waals surface area contributed by atoms with Crippen molar-refractivity contribution in [3.8, 4) is 5.75 Å². The normalized spacial score (nSPS) is 13.8. The Kier molecular flexibility index (Phi) is 5.98. The van der Waals surface area contributed by atoms with Crippen LogP contribution in [-0.2, 0) is 14.3 Å². The van der Waals surface area contributed by atoms with Gasteiger partial charge < -0.3 is 9.47 Å². The highest BCUT2D eigenvalue weighted by molar-refractivity contribution is 6.37. The summed E-state index contributed by atoms with van der Waals surface area (Å²) >= 11 is 12.0. The molecule has 1 aliphatic rings. The average molecular weight is 408 g/mol.